The highest BCUT2D eigenvalue weighted by Crippen LogP contribution is 2.50. The van der Waals surface area contributed by atoms with Gasteiger partial charge in [-0.15, -0.1) is 20.4 Å². The molecule has 0 aliphatic carbocycles. The van der Waals surface area contributed by atoms with E-state index in [1.165, 1.54) is 30.6 Å². The first kappa shape index (κ1) is 17.2. The maximum atomic E-state index is 13.4. The Balaban J connectivity index is 0.000000880. The van der Waals surface area contributed by atoms with Gasteiger partial charge in [-0.25, -0.2) is 4.39 Å². The maximum Gasteiger partial charge on any atom is 0.586 e. The molecular weight excluding hydrogens is 361 g/mol. The third-order valence-electron chi connectivity index (χ3n) is 3.74. The summed E-state index contributed by atoms with van der Waals surface area (Å²) in [6, 6.07) is 5.98. The molecule has 0 bridgehead atoms. The summed E-state index contributed by atoms with van der Waals surface area (Å²) in [7, 11) is 0. The van der Waals surface area contributed by atoms with Crippen LogP contribution in [0, 0.1) is 5.82 Å². The van der Waals surface area contributed by atoms with Gasteiger partial charge in [-0.05, 0) is 17.7 Å². The molecular formula is C16H12ClF3N2O3. The molecule has 2 aromatic rings. The number of carbonyl (C=O) groups excluding carboxylic acids is 1. The zero-order valence-electron chi connectivity index (χ0n) is 12.8. The number of nitrogens with two attached hydrogens (primary N) is 1. The number of anilines is 1. The minimum Gasteiger partial charge on any atom is -0.398 e. The maximum absolute atomic E-state index is 13.4. The van der Waals surface area contributed by atoms with Crippen molar-refractivity contribution in [2.24, 2.45) is 0 Å². The molecule has 1 unspecified atom stereocenters. The molecule has 0 aromatic heterocycles. The van der Waals surface area contributed by atoms with Crippen LogP contribution in [0.4, 0.5) is 18.9 Å². The third kappa shape index (κ3) is 2.82. The van der Waals surface area contributed by atoms with Crippen LogP contribution in [0.5, 0.6) is 11.5 Å². The number of hydrogen-bond acceptors (Lipinski definition) is 4. The number of ether oxygens (including phenoxy) is 2. The van der Waals surface area contributed by atoms with E-state index in [0.29, 0.717) is 5.56 Å². The van der Waals surface area contributed by atoms with Crippen molar-refractivity contribution < 1.29 is 27.4 Å². The van der Waals surface area contributed by atoms with Crippen molar-refractivity contribution in [3.8, 4) is 11.5 Å². The predicted molar refractivity (Wildman–Crippen MR) is 84.5 cm³/mol. The standard InChI is InChI=1S/C15H9F3N2O3.CH3Cl/c16-7-3-1-2-6(4-7)12-10-8(19)5-9-13(11(10)14(21)20-12)23-15(17,18)22-9;1-2/h1-5,12H,19H2,(H,20,21);1H3. The lowest BCUT2D eigenvalue weighted by molar-refractivity contribution is -0.286. The lowest BCUT2D eigenvalue weighted by atomic mass is 9.96. The smallest absolute Gasteiger partial charge is 0.398 e. The molecule has 2 heterocycles. The Hall–Kier alpha value is -2.61. The lowest BCUT2D eigenvalue weighted by Gasteiger charge is -2.14. The second-order valence-electron chi connectivity index (χ2n) is 5.21. The van der Waals surface area contributed by atoms with Crippen molar-refractivity contribution in [2.75, 3.05) is 12.1 Å². The number of nitrogen functional groups attached to an aromatic ring is 1. The highest BCUT2D eigenvalue weighted by Gasteiger charge is 2.48. The average molecular weight is 373 g/mol. The van der Waals surface area contributed by atoms with E-state index in [4.69, 9.17) is 5.73 Å². The fraction of sp³-hybridized carbons (Fsp3) is 0.188. The molecule has 0 radical (unpaired) electrons. The summed E-state index contributed by atoms with van der Waals surface area (Å²) in [5, 5.41) is 2.59. The molecule has 0 saturated carbocycles. The number of halogens is 4. The first-order valence-corrected chi connectivity index (χ1v) is 7.77. The van der Waals surface area contributed by atoms with Crippen LogP contribution in [0.1, 0.15) is 27.5 Å². The van der Waals surface area contributed by atoms with Gasteiger partial charge in [0.15, 0.2) is 11.5 Å². The zero-order valence-corrected chi connectivity index (χ0v) is 13.5. The van der Waals surface area contributed by atoms with Crippen LogP contribution in [0.25, 0.3) is 0 Å². The summed E-state index contributed by atoms with van der Waals surface area (Å²) in [5.41, 5.74) is 6.56. The van der Waals surface area contributed by atoms with Gasteiger partial charge < -0.3 is 20.5 Å². The van der Waals surface area contributed by atoms with Crippen molar-refractivity contribution in [1.82, 2.24) is 5.32 Å². The fourth-order valence-electron chi connectivity index (χ4n) is 2.87. The van der Waals surface area contributed by atoms with Gasteiger partial charge in [0.25, 0.3) is 5.91 Å². The van der Waals surface area contributed by atoms with Crippen molar-refractivity contribution in [2.45, 2.75) is 12.3 Å². The van der Waals surface area contributed by atoms with Crippen molar-refractivity contribution >= 4 is 23.2 Å². The monoisotopic (exact) mass is 372 g/mol. The van der Waals surface area contributed by atoms with Crippen molar-refractivity contribution in [1.29, 1.82) is 0 Å². The molecule has 2 aliphatic rings. The first-order valence-electron chi connectivity index (χ1n) is 7.02. The van der Waals surface area contributed by atoms with Crippen molar-refractivity contribution in [3.63, 3.8) is 0 Å². The van der Waals surface area contributed by atoms with Gasteiger partial charge >= 0.3 is 6.29 Å². The summed E-state index contributed by atoms with van der Waals surface area (Å²) in [5.74, 6) is -1.80. The molecule has 9 heteroatoms. The second-order valence-corrected chi connectivity index (χ2v) is 5.21. The minimum atomic E-state index is -3.86. The quantitative estimate of drug-likeness (QED) is 0.594. The van der Waals surface area contributed by atoms with Gasteiger partial charge in [-0.3, -0.25) is 4.79 Å². The number of alkyl halides is 3. The topological polar surface area (TPSA) is 73.6 Å². The van der Waals surface area contributed by atoms with Crippen molar-refractivity contribution in [3.05, 3.63) is 52.8 Å². The Kier molecular flexibility index (Phi) is 4.16. The molecule has 1 amide bonds. The van der Waals surface area contributed by atoms with Crippen LogP contribution in [0.15, 0.2) is 30.3 Å². The van der Waals surface area contributed by atoms with E-state index in [1.54, 1.807) is 6.07 Å². The Labute approximate surface area is 145 Å². The minimum absolute atomic E-state index is 0.0765. The first-order chi connectivity index (χ1) is 11.9. The molecule has 0 fully saturated rings. The second kappa shape index (κ2) is 6.03. The molecule has 2 aromatic carbocycles. The summed E-state index contributed by atoms with van der Waals surface area (Å²) < 4.78 is 48.7. The molecule has 25 heavy (non-hydrogen) atoms. The summed E-state index contributed by atoms with van der Waals surface area (Å²) >= 11 is 4.64. The molecule has 1 atom stereocenters. The van der Waals surface area contributed by atoms with E-state index in [0.717, 1.165) is 0 Å². The third-order valence-corrected chi connectivity index (χ3v) is 3.74. The largest absolute Gasteiger partial charge is 0.586 e. The Morgan fingerprint density at radius 2 is 1.96 bits per heavy atom. The van der Waals surface area contributed by atoms with Crippen LogP contribution in [0.3, 0.4) is 0 Å². The van der Waals surface area contributed by atoms with E-state index in [-0.39, 0.29) is 28.3 Å². The van der Waals surface area contributed by atoms with Gasteiger partial charge in [0.2, 0.25) is 0 Å². The average Bonchev–Trinajstić information content (AvgIpc) is 3.06. The number of benzene rings is 2. The van der Waals surface area contributed by atoms with Gasteiger partial charge in [-0.1, -0.05) is 12.1 Å². The number of amides is 1. The SMILES string of the molecule is CCl.Nc1cc2c(c3c1C(c1cccc(F)c1)NC3=O)OC(F)(F)O2. The highest BCUT2D eigenvalue weighted by atomic mass is 35.5. The fourth-order valence-corrected chi connectivity index (χ4v) is 2.87. The molecule has 4 rings (SSSR count). The number of fused-ring (bicyclic) bond motifs is 3. The van der Waals surface area contributed by atoms with E-state index in [1.807, 2.05) is 0 Å². The predicted octanol–water partition coefficient (Wildman–Crippen LogP) is 3.42. The number of nitrogens with one attached hydrogen (secondary N) is 1. The van der Waals surface area contributed by atoms with Gasteiger partial charge in [-0.2, -0.15) is 0 Å². The van der Waals surface area contributed by atoms with Gasteiger partial charge in [0, 0.05) is 23.7 Å². The molecule has 5 nitrogen and oxygen atoms in total. The lowest BCUT2D eigenvalue weighted by Crippen LogP contribution is -2.26. The van der Waals surface area contributed by atoms with Crippen LogP contribution < -0.4 is 20.5 Å². The molecule has 3 N–H and O–H groups in total. The number of carbonyl (C=O) groups is 1. The summed E-state index contributed by atoms with van der Waals surface area (Å²) in [4.78, 5) is 12.2. The Morgan fingerprint density at radius 3 is 2.64 bits per heavy atom. The van der Waals surface area contributed by atoms with Gasteiger partial charge in [0.1, 0.15) is 5.82 Å². The summed E-state index contributed by atoms with van der Waals surface area (Å²) in [6.45, 7) is 0. The van der Waals surface area contributed by atoms with E-state index in [2.05, 4.69) is 26.4 Å². The van der Waals surface area contributed by atoms with Crippen LogP contribution in [0.2, 0.25) is 0 Å². The van der Waals surface area contributed by atoms with E-state index >= 15 is 0 Å². The zero-order chi connectivity index (χ0) is 18.4. The van der Waals surface area contributed by atoms with E-state index in [9.17, 15) is 18.0 Å². The van der Waals surface area contributed by atoms with Crippen LogP contribution in [-0.4, -0.2) is 18.6 Å². The molecule has 132 valence electrons. The van der Waals surface area contributed by atoms with Gasteiger partial charge in [0.05, 0.1) is 11.6 Å². The Bertz CT molecular complexity index is 861. The van der Waals surface area contributed by atoms with Crippen LogP contribution in [-0.2, 0) is 0 Å². The van der Waals surface area contributed by atoms with E-state index < -0.39 is 24.1 Å². The molecule has 0 saturated heterocycles. The highest BCUT2D eigenvalue weighted by molar-refractivity contribution is 6.15. The van der Waals surface area contributed by atoms with Crippen LogP contribution >= 0.6 is 11.6 Å². The number of rotatable bonds is 1. The Morgan fingerprint density at radius 1 is 1.24 bits per heavy atom. The molecule has 2 aliphatic heterocycles. The summed E-state index contributed by atoms with van der Waals surface area (Å²) in [6.07, 6.45) is -2.39. The normalized spacial score (nSPS) is 18.9. The number of hydrogen-bond donors (Lipinski definition) is 2. The molecule has 0 spiro atoms.